The third-order valence-corrected chi connectivity index (χ3v) is 14.2. The maximum Gasteiger partial charge on any atom is 0.306 e. The summed E-state index contributed by atoms with van der Waals surface area (Å²) in [6.45, 7) is 18.6. The van der Waals surface area contributed by atoms with E-state index < -0.39 is 0 Å². The molecule has 0 aromatic rings. The molecular weight excluding hydrogens is 536 g/mol. The average molecular weight is 598 g/mol. The molecule has 2 heterocycles. The van der Waals surface area contributed by atoms with Gasteiger partial charge in [-0.15, -0.1) is 0 Å². The van der Waals surface area contributed by atoms with Gasteiger partial charge in [-0.3, -0.25) is 14.5 Å². The molecule has 43 heavy (non-hydrogen) atoms. The summed E-state index contributed by atoms with van der Waals surface area (Å²) in [4.78, 5) is 27.9. The normalized spacial score (nSPS) is 44.4. The van der Waals surface area contributed by atoms with Crippen molar-refractivity contribution in [1.82, 2.24) is 4.90 Å². The van der Waals surface area contributed by atoms with Crippen molar-refractivity contribution >= 4 is 11.9 Å². The Morgan fingerprint density at radius 3 is 2.33 bits per heavy atom. The molecule has 0 aromatic carbocycles. The van der Waals surface area contributed by atoms with Gasteiger partial charge in [0.15, 0.2) is 6.10 Å². The number of ether oxygens (including phenoxy) is 2. The van der Waals surface area contributed by atoms with Gasteiger partial charge in [0.05, 0.1) is 19.6 Å². The minimum atomic E-state index is -0.114. The molecule has 0 amide bonds. The first-order valence-corrected chi connectivity index (χ1v) is 18.2. The van der Waals surface area contributed by atoms with Crippen molar-refractivity contribution < 1.29 is 23.5 Å². The SMILES string of the molecule is C=CC[N+]1([C@H]2CC3[C@@H]4CC[C@H]5C[C@H](OC(C)=O)[C@@H](N6CCCCC6)C[C@]5(C)C4CC[C@]3(C)[C@H]2OC(=O)CC)CCCCC1. The molecule has 0 radical (unpaired) electrons. The summed E-state index contributed by atoms with van der Waals surface area (Å²) >= 11 is 0. The molecule has 4 aliphatic carbocycles. The standard InChI is InChI=1S/C37H61N2O4/c1-6-20-39(21-12-9-13-22-39)32-24-30-28-15-14-27-23-33(42-26(3)40)31(38-18-10-8-11-19-38)25-37(27,5)29(28)16-17-36(30,4)35(32)43-34(41)7-2/h6,27-33,35H,1,7-25H2,2-5H3/q+1/t27-,28+,29?,30?,31-,32-,33-,35-,36-,37-/m0/s1. The van der Waals surface area contributed by atoms with E-state index in [4.69, 9.17) is 9.47 Å². The van der Waals surface area contributed by atoms with Crippen molar-refractivity contribution in [3.8, 4) is 0 Å². The Bertz CT molecular complexity index is 1030. The van der Waals surface area contributed by atoms with Gasteiger partial charge in [-0.2, -0.15) is 0 Å². The number of piperidine rings is 2. The van der Waals surface area contributed by atoms with E-state index in [-0.39, 0.29) is 35.0 Å². The maximum atomic E-state index is 13.0. The van der Waals surface area contributed by atoms with E-state index >= 15 is 0 Å². The number of hydrogen-bond donors (Lipinski definition) is 0. The lowest BCUT2D eigenvalue weighted by atomic mass is 9.44. The Hall–Kier alpha value is -1.40. The van der Waals surface area contributed by atoms with E-state index in [2.05, 4.69) is 31.4 Å². The van der Waals surface area contributed by atoms with Gasteiger partial charge >= 0.3 is 11.9 Å². The summed E-state index contributed by atoms with van der Waals surface area (Å²) in [5.74, 6) is 2.48. The fourth-order valence-electron chi connectivity index (χ4n) is 12.2. The number of hydrogen-bond acceptors (Lipinski definition) is 5. The van der Waals surface area contributed by atoms with Crippen molar-refractivity contribution in [2.75, 3.05) is 32.7 Å². The van der Waals surface area contributed by atoms with Crippen LogP contribution in [-0.2, 0) is 19.1 Å². The fourth-order valence-corrected chi connectivity index (χ4v) is 12.2. The molecule has 0 spiro atoms. The topological polar surface area (TPSA) is 55.8 Å². The van der Waals surface area contributed by atoms with Gasteiger partial charge in [-0.05, 0) is 119 Å². The van der Waals surface area contributed by atoms with Crippen molar-refractivity contribution in [1.29, 1.82) is 0 Å². The molecule has 2 aliphatic heterocycles. The van der Waals surface area contributed by atoms with Crippen molar-refractivity contribution in [3.05, 3.63) is 12.7 Å². The second kappa shape index (κ2) is 12.4. The third kappa shape index (κ3) is 5.53. The average Bonchev–Trinajstić information content (AvgIpc) is 3.30. The first-order valence-electron chi connectivity index (χ1n) is 18.2. The molecule has 10 atom stereocenters. The van der Waals surface area contributed by atoms with Crippen molar-refractivity contribution in [2.24, 2.45) is 34.5 Å². The number of likely N-dealkylation sites (tertiary alicyclic amines) is 2. The predicted octanol–water partition coefficient (Wildman–Crippen LogP) is 6.91. The lowest BCUT2D eigenvalue weighted by Gasteiger charge is -2.62. The number of esters is 2. The van der Waals surface area contributed by atoms with Gasteiger partial charge in [-0.25, -0.2) is 0 Å². The van der Waals surface area contributed by atoms with Gasteiger partial charge in [0, 0.05) is 31.2 Å². The number of rotatable bonds is 7. The quantitative estimate of drug-likeness (QED) is 0.181. The Morgan fingerprint density at radius 1 is 0.930 bits per heavy atom. The van der Waals surface area contributed by atoms with Crippen LogP contribution in [0.1, 0.15) is 118 Å². The van der Waals surface area contributed by atoms with Gasteiger partial charge in [0.2, 0.25) is 0 Å². The summed E-state index contributed by atoms with van der Waals surface area (Å²) in [5.41, 5.74) is 0.320. The van der Waals surface area contributed by atoms with Crippen molar-refractivity contribution in [2.45, 2.75) is 142 Å². The van der Waals surface area contributed by atoms with E-state index in [9.17, 15) is 9.59 Å². The number of carbonyl (C=O) groups excluding carboxylic acids is 2. The lowest BCUT2D eigenvalue weighted by molar-refractivity contribution is -0.952. The molecule has 6 nitrogen and oxygen atoms in total. The van der Waals surface area contributed by atoms with Crippen LogP contribution in [0.5, 0.6) is 0 Å². The Morgan fingerprint density at radius 2 is 1.65 bits per heavy atom. The molecule has 6 fully saturated rings. The number of quaternary nitrogens is 1. The minimum Gasteiger partial charge on any atom is -0.461 e. The van der Waals surface area contributed by atoms with E-state index in [1.54, 1.807) is 6.92 Å². The third-order valence-electron chi connectivity index (χ3n) is 14.2. The highest BCUT2D eigenvalue weighted by atomic mass is 16.5. The summed E-state index contributed by atoms with van der Waals surface area (Å²) in [7, 11) is 0. The largest absolute Gasteiger partial charge is 0.461 e. The highest BCUT2D eigenvalue weighted by molar-refractivity contribution is 5.69. The second-order valence-electron chi connectivity index (χ2n) is 16.2. The van der Waals surface area contributed by atoms with Crippen LogP contribution in [0.3, 0.4) is 0 Å². The van der Waals surface area contributed by atoms with Crippen LogP contribution in [-0.4, -0.2) is 78.3 Å². The summed E-state index contributed by atoms with van der Waals surface area (Å²) < 4.78 is 13.8. The summed E-state index contributed by atoms with van der Waals surface area (Å²) in [5, 5.41) is 0. The zero-order valence-corrected chi connectivity index (χ0v) is 27.9. The molecular formula is C37H61N2O4+. The van der Waals surface area contributed by atoms with Crippen LogP contribution >= 0.6 is 0 Å². The molecule has 0 N–H and O–H groups in total. The molecule has 2 saturated heterocycles. The number of fused-ring (bicyclic) bond motifs is 5. The minimum absolute atomic E-state index is 0.00952. The summed E-state index contributed by atoms with van der Waals surface area (Å²) in [6.07, 6.45) is 18.7. The summed E-state index contributed by atoms with van der Waals surface area (Å²) in [6, 6.07) is 0.732. The molecule has 4 saturated carbocycles. The smallest absolute Gasteiger partial charge is 0.306 e. The fraction of sp³-hybridized carbons (Fsp3) is 0.892. The van der Waals surface area contributed by atoms with E-state index in [1.165, 1.54) is 77.3 Å². The Balaban J connectivity index is 1.31. The van der Waals surface area contributed by atoms with Gasteiger partial charge in [-0.1, -0.05) is 33.8 Å². The van der Waals surface area contributed by atoms with E-state index in [0.29, 0.717) is 42.2 Å². The Kier molecular flexibility index (Phi) is 9.12. The first-order chi connectivity index (χ1) is 20.6. The second-order valence-corrected chi connectivity index (χ2v) is 16.2. The zero-order valence-electron chi connectivity index (χ0n) is 27.9. The molecule has 6 heteroatoms. The van der Waals surface area contributed by atoms with Crippen LogP contribution in [0, 0.1) is 34.5 Å². The molecule has 242 valence electrons. The highest BCUT2D eigenvalue weighted by Crippen LogP contribution is 2.68. The predicted molar refractivity (Wildman–Crippen MR) is 170 cm³/mol. The highest BCUT2D eigenvalue weighted by Gasteiger charge is 2.67. The van der Waals surface area contributed by atoms with Gasteiger partial charge < -0.3 is 14.0 Å². The maximum absolute atomic E-state index is 13.0. The zero-order chi connectivity index (χ0) is 30.4. The molecule has 6 aliphatic rings. The van der Waals surface area contributed by atoms with Crippen LogP contribution in [0.2, 0.25) is 0 Å². The van der Waals surface area contributed by atoms with Gasteiger partial charge in [0.25, 0.3) is 0 Å². The molecule has 6 rings (SSSR count). The van der Waals surface area contributed by atoms with Gasteiger partial charge in [0.1, 0.15) is 12.1 Å². The number of carbonyl (C=O) groups is 2. The monoisotopic (exact) mass is 597 g/mol. The van der Waals surface area contributed by atoms with Crippen LogP contribution in [0.4, 0.5) is 0 Å². The number of nitrogens with zero attached hydrogens (tertiary/aromatic N) is 2. The van der Waals surface area contributed by atoms with Crippen LogP contribution < -0.4 is 0 Å². The first kappa shape index (κ1) is 31.6. The van der Waals surface area contributed by atoms with E-state index in [0.717, 1.165) is 43.4 Å². The van der Waals surface area contributed by atoms with Crippen LogP contribution in [0.15, 0.2) is 12.7 Å². The van der Waals surface area contributed by atoms with Crippen LogP contribution in [0.25, 0.3) is 0 Å². The molecule has 0 bridgehead atoms. The van der Waals surface area contributed by atoms with Crippen molar-refractivity contribution in [3.63, 3.8) is 0 Å². The van der Waals surface area contributed by atoms with E-state index in [1.807, 2.05) is 6.92 Å². The molecule has 2 unspecified atom stereocenters. The lowest BCUT2D eigenvalue weighted by Crippen LogP contribution is -2.63. The molecule has 0 aromatic heterocycles. The Labute approximate surface area is 261 Å².